The number of thiophene rings is 2. The minimum Gasteiger partial charge on any atom is -0.135 e. The minimum atomic E-state index is 1.25. The molecule has 2 aromatic heterocycles. The molecule has 242 valence electrons. The van der Waals surface area contributed by atoms with E-state index in [0.29, 0.717) is 0 Å². The van der Waals surface area contributed by atoms with E-state index in [2.05, 4.69) is 182 Å². The highest BCUT2D eigenvalue weighted by Crippen LogP contribution is 2.49. The van der Waals surface area contributed by atoms with Crippen LogP contribution in [0.5, 0.6) is 0 Å². The van der Waals surface area contributed by atoms with Crippen LogP contribution in [0.2, 0.25) is 0 Å². The average Bonchev–Trinajstić information content (AvgIpc) is 3.76. The third-order valence-corrected chi connectivity index (χ3v) is 13.0. The van der Waals surface area contributed by atoms with Crippen LogP contribution in [-0.4, -0.2) is 0 Å². The predicted molar refractivity (Wildman–Crippen MR) is 229 cm³/mol. The molecule has 9 aromatic carbocycles. The number of hydrogen-bond acceptors (Lipinski definition) is 2. The van der Waals surface area contributed by atoms with Crippen molar-refractivity contribution >= 4 is 85.2 Å². The van der Waals surface area contributed by atoms with Crippen LogP contribution in [0.25, 0.3) is 106 Å². The molecule has 11 aromatic rings. The van der Waals surface area contributed by atoms with E-state index in [-0.39, 0.29) is 0 Å². The van der Waals surface area contributed by atoms with Gasteiger partial charge in [0.25, 0.3) is 0 Å². The zero-order valence-electron chi connectivity index (χ0n) is 28.1. The lowest BCUT2D eigenvalue weighted by Crippen LogP contribution is -1.91. The maximum atomic E-state index is 2.45. The van der Waals surface area contributed by atoms with Gasteiger partial charge in [-0.3, -0.25) is 0 Å². The Hall–Kier alpha value is -6.06. The van der Waals surface area contributed by atoms with Crippen LogP contribution in [0.1, 0.15) is 0 Å². The van der Waals surface area contributed by atoms with Crippen LogP contribution in [0.3, 0.4) is 0 Å². The van der Waals surface area contributed by atoms with Crippen LogP contribution >= 0.6 is 22.7 Å². The van der Waals surface area contributed by atoms with Gasteiger partial charge in [0.1, 0.15) is 0 Å². The zero-order valence-corrected chi connectivity index (χ0v) is 29.8. The van der Waals surface area contributed by atoms with E-state index in [0.717, 1.165) is 0 Å². The first kappa shape index (κ1) is 29.6. The second kappa shape index (κ2) is 11.7. The molecule has 0 aliphatic rings. The third kappa shape index (κ3) is 4.58. The Morgan fingerprint density at radius 3 is 1.42 bits per heavy atom. The molecule has 0 aliphatic carbocycles. The highest BCUT2D eigenvalue weighted by Gasteiger charge is 2.20. The number of rotatable bonds is 4. The summed E-state index contributed by atoms with van der Waals surface area (Å²) < 4.78 is 3.98. The molecule has 0 N–H and O–H groups in total. The molecule has 0 radical (unpaired) electrons. The number of hydrogen-bond donors (Lipinski definition) is 0. The highest BCUT2D eigenvalue weighted by atomic mass is 32.1. The van der Waals surface area contributed by atoms with E-state index in [4.69, 9.17) is 0 Å². The van der Waals surface area contributed by atoms with Crippen molar-refractivity contribution in [1.29, 1.82) is 0 Å². The van der Waals surface area contributed by atoms with Crippen molar-refractivity contribution in [3.63, 3.8) is 0 Å². The van der Waals surface area contributed by atoms with E-state index >= 15 is 0 Å². The van der Waals surface area contributed by atoms with Gasteiger partial charge in [0.05, 0.1) is 0 Å². The normalized spacial score (nSPS) is 11.8. The van der Waals surface area contributed by atoms with Gasteiger partial charge >= 0.3 is 0 Å². The van der Waals surface area contributed by atoms with Gasteiger partial charge in [-0.1, -0.05) is 152 Å². The minimum absolute atomic E-state index is 1.25. The summed E-state index contributed by atoms with van der Waals surface area (Å²) in [7, 11) is 0. The van der Waals surface area contributed by atoms with Crippen molar-refractivity contribution in [3.05, 3.63) is 182 Å². The Morgan fingerprint density at radius 2 is 0.750 bits per heavy atom. The largest absolute Gasteiger partial charge is 0.135 e. The molecule has 0 saturated carbocycles. The van der Waals surface area contributed by atoms with Gasteiger partial charge in [-0.15, -0.1) is 22.7 Å². The summed E-state index contributed by atoms with van der Waals surface area (Å²) in [5, 5.41) is 11.6. The Kier molecular flexibility index (Phi) is 6.70. The van der Waals surface area contributed by atoms with Crippen molar-refractivity contribution in [3.8, 4) is 43.8 Å². The summed E-state index contributed by atoms with van der Waals surface area (Å²) in [6.07, 6.45) is 0. The summed E-state index contributed by atoms with van der Waals surface area (Å²) in [6, 6.07) is 67.3. The van der Waals surface area contributed by atoms with Crippen LogP contribution in [-0.2, 0) is 0 Å². The fraction of sp³-hybridized carbons (Fsp3) is 0. The second-order valence-corrected chi connectivity index (χ2v) is 15.7. The standard InChI is InChI=1S/C50H30S2/c1-3-14-32(15-4-1)49-43-30-45-42(29-46(43)52-50(49)33-16-5-2-6-17-33)41-28-36(25-26-44(41)51-45)48-39-21-11-9-19-37(39)47(38-20-10-12-22-40(38)48)35-24-23-31-13-7-8-18-34(31)27-35/h1-30H. The molecule has 0 saturated heterocycles. The molecule has 0 aliphatic heterocycles. The van der Waals surface area contributed by atoms with E-state index in [1.54, 1.807) is 0 Å². The van der Waals surface area contributed by atoms with Gasteiger partial charge in [0.15, 0.2) is 0 Å². The second-order valence-electron chi connectivity index (χ2n) is 13.6. The van der Waals surface area contributed by atoms with E-state index in [1.165, 1.54) is 106 Å². The predicted octanol–water partition coefficient (Wildman–Crippen LogP) is 15.4. The SMILES string of the molecule is c1ccc(-c2sc3cc4c(cc3c2-c2ccccc2)sc2ccc(-c3c5ccccc5c(-c5ccc6ccccc6c5)c5ccccc35)cc24)cc1. The Morgan fingerprint density at radius 1 is 0.250 bits per heavy atom. The van der Waals surface area contributed by atoms with Crippen molar-refractivity contribution in [2.75, 3.05) is 0 Å². The van der Waals surface area contributed by atoms with E-state index in [1.807, 2.05) is 22.7 Å². The lowest BCUT2D eigenvalue weighted by molar-refractivity contribution is 1.66. The average molecular weight is 695 g/mol. The van der Waals surface area contributed by atoms with Crippen molar-refractivity contribution in [1.82, 2.24) is 0 Å². The van der Waals surface area contributed by atoms with Gasteiger partial charge in [0.2, 0.25) is 0 Å². The quantitative estimate of drug-likeness (QED) is 0.161. The Bertz CT molecular complexity index is 3110. The van der Waals surface area contributed by atoms with Crippen molar-refractivity contribution < 1.29 is 0 Å². The maximum Gasteiger partial charge on any atom is 0.0433 e. The first-order chi connectivity index (χ1) is 25.8. The molecule has 11 rings (SSSR count). The molecule has 2 heteroatoms. The van der Waals surface area contributed by atoms with Crippen LogP contribution in [0, 0.1) is 0 Å². The topological polar surface area (TPSA) is 0 Å². The number of fused-ring (bicyclic) bond motifs is 7. The molecule has 52 heavy (non-hydrogen) atoms. The Balaban J connectivity index is 1.15. The summed E-state index contributed by atoms with van der Waals surface area (Å²) in [5.74, 6) is 0. The fourth-order valence-corrected chi connectivity index (χ4v) is 10.7. The lowest BCUT2D eigenvalue weighted by atomic mass is 9.85. The Labute approximate surface area is 309 Å². The summed E-state index contributed by atoms with van der Waals surface area (Å²) in [4.78, 5) is 1.33. The van der Waals surface area contributed by atoms with E-state index < -0.39 is 0 Å². The lowest BCUT2D eigenvalue weighted by Gasteiger charge is -2.18. The fourth-order valence-electron chi connectivity index (χ4n) is 8.30. The van der Waals surface area contributed by atoms with Gasteiger partial charge in [-0.25, -0.2) is 0 Å². The van der Waals surface area contributed by atoms with Crippen molar-refractivity contribution in [2.24, 2.45) is 0 Å². The molecule has 0 bridgehead atoms. The third-order valence-electron chi connectivity index (χ3n) is 10.6. The summed E-state index contributed by atoms with van der Waals surface area (Å²) >= 11 is 3.81. The number of benzene rings is 9. The highest BCUT2D eigenvalue weighted by molar-refractivity contribution is 7.26. The van der Waals surface area contributed by atoms with Crippen LogP contribution in [0.4, 0.5) is 0 Å². The molecule has 0 spiro atoms. The molecular weight excluding hydrogens is 665 g/mol. The molecule has 0 nitrogen and oxygen atoms in total. The van der Waals surface area contributed by atoms with Gasteiger partial charge < -0.3 is 0 Å². The molecule has 0 unspecified atom stereocenters. The molecule has 0 atom stereocenters. The maximum absolute atomic E-state index is 2.45. The zero-order chi connectivity index (χ0) is 34.2. The van der Waals surface area contributed by atoms with Crippen LogP contribution in [0.15, 0.2) is 182 Å². The molecule has 0 fully saturated rings. The van der Waals surface area contributed by atoms with Gasteiger partial charge in [-0.2, -0.15) is 0 Å². The first-order valence-electron chi connectivity index (χ1n) is 17.8. The van der Waals surface area contributed by atoms with Gasteiger partial charge in [-0.05, 0) is 96.0 Å². The van der Waals surface area contributed by atoms with Gasteiger partial charge in [0, 0.05) is 40.7 Å². The summed E-state index contributed by atoms with van der Waals surface area (Å²) in [6.45, 7) is 0. The smallest absolute Gasteiger partial charge is 0.0433 e. The molecule has 2 heterocycles. The molecular formula is C50H30S2. The van der Waals surface area contributed by atoms with E-state index in [9.17, 15) is 0 Å². The summed E-state index contributed by atoms with van der Waals surface area (Å²) in [5.41, 5.74) is 8.97. The van der Waals surface area contributed by atoms with Crippen molar-refractivity contribution in [2.45, 2.75) is 0 Å². The monoisotopic (exact) mass is 694 g/mol. The molecule has 0 amide bonds. The van der Waals surface area contributed by atoms with Crippen LogP contribution < -0.4 is 0 Å². The first-order valence-corrected chi connectivity index (χ1v) is 19.4.